The van der Waals surface area contributed by atoms with Gasteiger partial charge in [0.25, 0.3) is 0 Å². The van der Waals surface area contributed by atoms with Crippen LogP contribution in [0.3, 0.4) is 0 Å². The van der Waals surface area contributed by atoms with Crippen molar-refractivity contribution in [2.75, 3.05) is 43.7 Å². The molecule has 0 spiro atoms. The first-order valence-corrected chi connectivity index (χ1v) is 6.62. The standard InChI is InChI=1S/C14H21N3O3/c1-19-8-10(20-2)7-16-13-5-9-3-4-14(18)17-12(9)6-11(13)15/h5-6,10,16H,3-4,7-8,15H2,1-2H3,(H,17,18). The van der Waals surface area contributed by atoms with E-state index in [0.29, 0.717) is 25.3 Å². The van der Waals surface area contributed by atoms with Gasteiger partial charge in [-0.1, -0.05) is 0 Å². The lowest BCUT2D eigenvalue weighted by Gasteiger charge is -2.21. The third kappa shape index (κ3) is 3.40. The number of amides is 1. The Morgan fingerprint density at radius 1 is 1.40 bits per heavy atom. The number of rotatable bonds is 6. The van der Waals surface area contributed by atoms with Gasteiger partial charge in [0.2, 0.25) is 5.91 Å². The van der Waals surface area contributed by atoms with E-state index < -0.39 is 0 Å². The Morgan fingerprint density at radius 2 is 2.20 bits per heavy atom. The number of ether oxygens (including phenoxy) is 2. The van der Waals surface area contributed by atoms with Crippen LogP contribution in [0.15, 0.2) is 12.1 Å². The average Bonchev–Trinajstić information content (AvgIpc) is 2.43. The molecule has 1 aromatic rings. The molecule has 6 nitrogen and oxygen atoms in total. The second kappa shape index (κ2) is 6.58. The van der Waals surface area contributed by atoms with Crippen molar-refractivity contribution in [3.05, 3.63) is 17.7 Å². The molecule has 0 aromatic heterocycles. The molecule has 4 N–H and O–H groups in total. The van der Waals surface area contributed by atoms with Crippen molar-refractivity contribution >= 4 is 23.0 Å². The van der Waals surface area contributed by atoms with Crippen molar-refractivity contribution in [1.82, 2.24) is 0 Å². The van der Waals surface area contributed by atoms with Gasteiger partial charge in [0, 0.05) is 32.9 Å². The van der Waals surface area contributed by atoms with E-state index in [-0.39, 0.29) is 12.0 Å². The molecule has 1 aliphatic rings. The summed E-state index contributed by atoms with van der Waals surface area (Å²) in [5, 5.41) is 6.10. The lowest BCUT2D eigenvalue weighted by atomic mass is 10.0. The van der Waals surface area contributed by atoms with Gasteiger partial charge in [-0.25, -0.2) is 0 Å². The summed E-state index contributed by atoms with van der Waals surface area (Å²) in [6.07, 6.45) is 1.22. The number of benzene rings is 1. The SMILES string of the molecule is COCC(CNc1cc2c(cc1N)NC(=O)CC2)OC. The normalized spacial score (nSPS) is 15.4. The molecule has 110 valence electrons. The molecule has 2 rings (SSSR count). The number of nitrogens with one attached hydrogen (secondary N) is 2. The zero-order valence-corrected chi connectivity index (χ0v) is 11.9. The Morgan fingerprint density at radius 3 is 2.90 bits per heavy atom. The fourth-order valence-electron chi connectivity index (χ4n) is 2.22. The van der Waals surface area contributed by atoms with Crippen molar-refractivity contribution in [1.29, 1.82) is 0 Å². The first-order valence-electron chi connectivity index (χ1n) is 6.62. The zero-order chi connectivity index (χ0) is 14.5. The molecule has 1 aliphatic heterocycles. The summed E-state index contributed by atoms with van der Waals surface area (Å²) in [7, 11) is 3.29. The summed E-state index contributed by atoms with van der Waals surface area (Å²) in [6, 6.07) is 3.79. The van der Waals surface area contributed by atoms with Crippen LogP contribution in [0, 0.1) is 0 Å². The van der Waals surface area contributed by atoms with Gasteiger partial charge in [0.1, 0.15) is 0 Å². The molecule has 1 heterocycles. The number of hydrogen-bond donors (Lipinski definition) is 3. The van der Waals surface area contributed by atoms with E-state index >= 15 is 0 Å². The van der Waals surface area contributed by atoms with E-state index in [1.165, 1.54) is 0 Å². The summed E-state index contributed by atoms with van der Waals surface area (Å²) in [5.74, 6) is 0.0390. The molecule has 0 saturated heterocycles. The molecule has 0 fully saturated rings. The van der Waals surface area contributed by atoms with Gasteiger partial charge in [-0.05, 0) is 24.1 Å². The number of methoxy groups -OCH3 is 2. The monoisotopic (exact) mass is 279 g/mol. The smallest absolute Gasteiger partial charge is 0.224 e. The van der Waals surface area contributed by atoms with Crippen LogP contribution < -0.4 is 16.4 Å². The average molecular weight is 279 g/mol. The molecule has 0 radical (unpaired) electrons. The summed E-state index contributed by atoms with van der Waals surface area (Å²) in [6.45, 7) is 1.13. The lowest BCUT2D eigenvalue weighted by Crippen LogP contribution is -2.27. The van der Waals surface area contributed by atoms with Crippen LogP contribution in [-0.4, -0.2) is 39.4 Å². The number of nitrogens with two attached hydrogens (primary N) is 1. The molecule has 6 heteroatoms. The van der Waals surface area contributed by atoms with Crippen LogP contribution in [0.4, 0.5) is 17.1 Å². The molecular weight excluding hydrogens is 258 g/mol. The highest BCUT2D eigenvalue weighted by Gasteiger charge is 2.17. The third-order valence-electron chi connectivity index (χ3n) is 3.38. The van der Waals surface area contributed by atoms with E-state index in [9.17, 15) is 4.79 Å². The van der Waals surface area contributed by atoms with E-state index in [0.717, 1.165) is 23.4 Å². The number of nitrogen functional groups attached to an aromatic ring is 1. The van der Waals surface area contributed by atoms with E-state index in [2.05, 4.69) is 10.6 Å². The van der Waals surface area contributed by atoms with Gasteiger partial charge in [0.05, 0.1) is 24.1 Å². The van der Waals surface area contributed by atoms with E-state index in [4.69, 9.17) is 15.2 Å². The Labute approximate surface area is 118 Å². The second-order valence-electron chi connectivity index (χ2n) is 4.84. The Bertz CT molecular complexity index is 491. The van der Waals surface area contributed by atoms with E-state index in [1.807, 2.05) is 6.07 Å². The molecule has 1 aromatic carbocycles. The maximum atomic E-state index is 11.3. The maximum Gasteiger partial charge on any atom is 0.224 e. The number of aryl methyl sites for hydroxylation is 1. The van der Waals surface area contributed by atoms with Gasteiger partial charge in [-0.3, -0.25) is 4.79 Å². The predicted octanol–water partition coefficient (Wildman–Crippen LogP) is 1.23. The van der Waals surface area contributed by atoms with Gasteiger partial charge in [-0.2, -0.15) is 0 Å². The third-order valence-corrected chi connectivity index (χ3v) is 3.38. The maximum absolute atomic E-state index is 11.3. The number of carbonyl (C=O) groups is 1. The fraction of sp³-hybridized carbons (Fsp3) is 0.500. The molecule has 1 unspecified atom stereocenters. The molecule has 1 amide bonds. The lowest BCUT2D eigenvalue weighted by molar-refractivity contribution is -0.116. The largest absolute Gasteiger partial charge is 0.397 e. The summed E-state index contributed by atoms with van der Waals surface area (Å²) in [4.78, 5) is 11.3. The van der Waals surface area contributed by atoms with Crippen LogP contribution in [0.1, 0.15) is 12.0 Å². The van der Waals surface area contributed by atoms with Crippen molar-refractivity contribution in [3.8, 4) is 0 Å². The molecule has 0 bridgehead atoms. The molecule has 0 saturated carbocycles. The Kier molecular flexibility index (Phi) is 4.81. The number of carbonyl (C=O) groups excluding carboxylic acids is 1. The first-order chi connectivity index (χ1) is 9.63. The second-order valence-corrected chi connectivity index (χ2v) is 4.84. The van der Waals surface area contributed by atoms with Crippen molar-refractivity contribution in [2.24, 2.45) is 0 Å². The van der Waals surface area contributed by atoms with Crippen LogP contribution in [0.25, 0.3) is 0 Å². The molecule has 0 aliphatic carbocycles. The first kappa shape index (κ1) is 14.6. The topological polar surface area (TPSA) is 85.6 Å². The summed E-state index contributed by atoms with van der Waals surface area (Å²) in [5.41, 5.74) is 9.38. The van der Waals surface area contributed by atoms with Crippen molar-refractivity contribution in [2.45, 2.75) is 18.9 Å². The predicted molar refractivity (Wildman–Crippen MR) is 79.0 cm³/mol. The number of hydrogen-bond acceptors (Lipinski definition) is 5. The van der Waals surface area contributed by atoms with Crippen LogP contribution in [0.5, 0.6) is 0 Å². The minimum absolute atomic E-state index is 0.0323. The van der Waals surface area contributed by atoms with Crippen molar-refractivity contribution in [3.63, 3.8) is 0 Å². The fourth-order valence-corrected chi connectivity index (χ4v) is 2.22. The van der Waals surface area contributed by atoms with Crippen LogP contribution in [0.2, 0.25) is 0 Å². The minimum atomic E-state index is -0.0323. The van der Waals surface area contributed by atoms with Gasteiger partial charge in [-0.15, -0.1) is 0 Å². The van der Waals surface area contributed by atoms with E-state index in [1.54, 1.807) is 20.3 Å². The minimum Gasteiger partial charge on any atom is -0.397 e. The van der Waals surface area contributed by atoms with Gasteiger partial charge in [0.15, 0.2) is 0 Å². The quantitative estimate of drug-likeness (QED) is 0.682. The molecular formula is C14H21N3O3. The summed E-state index contributed by atoms with van der Waals surface area (Å²) >= 11 is 0. The van der Waals surface area contributed by atoms with Crippen LogP contribution in [-0.2, 0) is 20.7 Å². The highest BCUT2D eigenvalue weighted by Crippen LogP contribution is 2.30. The molecule has 1 atom stereocenters. The van der Waals surface area contributed by atoms with Crippen molar-refractivity contribution < 1.29 is 14.3 Å². The molecule has 20 heavy (non-hydrogen) atoms. The number of anilines is 3. The number of fused-ring (bicyclic) bond motifs is 1. The van der Waals surface area contributed by atoms with Crippen LogP contribution >= 0.6 is 0 Å². The highest BCUT2D eigenvalue weighted by molar-refractivity contribution is 5.95. The Hall–Kier alpha value is -1.79. The zero-order valence-electron chi connectivity index (χ0n) is 11.9. The Balaban J connectivity index is 2.07. The highest BCUT2D eigenvalue weighted by atomic mass is 16.5. The van der Waals surface area contributed by atoms with Gasteiger partial charge < -0.3 is 25.8 Å². The summed E-state index contributed by atoms with van der Waals surface area (Å²) < 4.78 is 10.4. The van der Waals surface area contributed by atoms with Gasteiger partial charge >= 0.3 is 0 Å².